The molecule has 1 unspecified atom stereocenters. The van der Waals surface area contributed by atoms with Gasteiger partial charge in [0.2, 0.25) is 0 Å². The summed E-state index contributed by atoms with van der Waals surface area (Å²) in [5, 5.41) is 20.7. The number of aryl methyl sites for hydroxylation is 2. The van der Waals surface area contributed by atoms with Crippen molar-refractivity contribution in [3.05, 3.63) is 86.8 Å². The van der Waals surface area contributed by atoms with Crippen LogP contribution in [0.4, 0.5) is 4.79 Å². The highest BCUT2D eigenvalue weighted by atomic mass is 16.6. The number of fused-ring (bicyclic) bond motifs is 8. The Bertz CT molecular complexity index is 2760. The molecule has 2 aromatic carbocycles. The SMILES string of the molecule is CCc1c2c(nc3ccc(OC(=O)N4CCC(N5CCCCC5)CC4)cc13)-c1cc3c(c(=O)n1C2)COC(=O)[C@]3(O)CC.CN1[C@@H]2CCC[C@H]1CC(NC(=O)c1nn(C)c3ccccc13)C2. The second-order valence-electron chi connectivity index (χ2n) is 19.3. The van der Waals surface area contributed by atoms with E-state index in [1.165, 1.54) is 51.6 Å². The number of pyridine rings is 2. The highest BCUT2D eigenvalue weighted by molar-refractivity contribution is 6.05. The van der Waals surface area contributed by atoms with Gasteiger partial charge in [0.25, 0.3) is 11.5 Å². The third-order valence-corrected chi connectivity index (χ3v) is 15.6. The molecule has 11 rings (SSSR count). The van der Waals surface area contributed by atoms with Gasteiger partial charge in [-0.2, -0.15) is 5.10 Å². The first-order valence-electron chi connectivity index (χ1n) is 24.2. The topological polar surface area (TPSA) is 164 Å². The van der Waals surface area contributed by atoms with Gasteiger partial charge in [-0.15, -0.1) is 0 Å². The second kappa shape index (κ2) is 17.9. The van der Waals surface area contributed by atoms with Crippen LogP contribution in [0.15, 0.2) is 53.3 Å². The summed E-state index contributed by atoms with van der Waals surface area (Å²) in [7, 11) is 4.12. The van der Waals surface area contributed by atoms with Gasteiger partial charge >= 0.3 is 12.1 Å². The summed E-state index contributed by atoms with van der Waals surface area (Å²) in [6.45, 7) is 7.65. The van der Waals surface area contributed by atoms with E-state index in [4.69, 9.17) is 14.5 Å². The van der Waals surface area contributed by atoms with Gasteiger partial charge in [-0.3, -0.25) is 14.3 Å². The van der Waals surface area contributed by atoms with Crippen molar-refractivity contribution in [2.45, 2.75) is 134 Å². The van der Waals surface area contributed by atoms with Gasteiger partial charge in [-0.05, 0) is 120 Å². The molecule has 4 saturated heterocycles. The number of nitrogens with one attached hydrogen (secondary N) is 1. The van der Waals surface area contributed by atoms with Crippen LogP contribution >= 0.6 is 0 Å². The van der Waals surface area contributed by atoms with Gasteiger partial charge in [0.1, 0.15) is 12.4 Å². The van der Waals surface area contributed by atoms with E-state index in [-0.39, 0.29) is 36.6 Å². The Balaban J connectivity index is 0.000000186. The zero-order valence-corrected chi connectivity index (χ0v) is 38.7. The number of nitrogens with zero attached hydrogens (tertiary/aromatic N) is 7. The molecule has 0 aliphatic carbocycles. The largest absolute Gasteiger partial charge is 0.458 e. The van der Waals surface area contributed by atoms with Crippen LogP contribution < -0.4 is 15.6 Å². The number of aliphatic hydroxyl groups is 1. The Labute approximate surface area is 385 Å². The van der Waals surface area contributed by atoms with Crippen molar-refractivity contribution in [3.8, 4) is 17.1 Å². The number of carbonyl (C=O) groups is 3. The Kier molecular flexibility index (Phi) is 12.0. The molecule has 2 N–H and O–H groups in total. The third kappa shape index (κ3) is 7.85. The second-order valence-corrected chi connectivity index (χ2v) is 19.3. The number of likely N-dealkylation sites (tertiary alicyclic amines) is 2. The summed E-state index contributed by atoms with van der Waals surface area (Å²) in [5.41, 5.74) is 3.93. The number of esters is 1. The molecule has 4 atom stereocenters. The molecule has 66 heavy (non-hydrogen) atoms. The van der Waals surface area contributed by atoms with Crippen molar-refractivity contribution in [3.63, 3.8) is 0 Å². The number of aromatic nitrogens is 4. The number of hydrogen-bond donors (Lipinski definition) is 2. The number of ether oxygens (including phenoxy) is 2. The van der Waals surface area contributed by atoms with Crippen LogP contribution in [0.5, 0.6) is 5.75 Å². The molecule has 15 heteroatoms. The average molecular weight is 899 g/mol. The van der Waals surface area contributed by atoms with Crippen LogP contribution in [0, 0.1) is 0 Å². The minimum atomic E-state index is -1.86. The molecule has 0 radical (unpaired) electrons. The maximum atomic E-state index is 13.6. The maximum absolute atomic E-state index is 13.6. The van der Waals surface area contributed by atoms with Gasteiger partial charge in [-0.25, -0.2) is 14.6 Å². The molecule has 2 bridgehead atoms. The molecule has 0 spiro atoms. The van der Waals surface area contributed by atoms with Crippen molar-refractivity contribution in [1.29, 1.82) is 0 Å². The van der Waals surface area contributed by atoms with E-state index >= 15 is 0 Å². The molecule has 5 aromatic rings. The lowest BCUT2D eigenvalue weighted by molar-refractivity contribution is -0.172. The minimum Gasteiger partial charge on any atom is -0.458 e. The van der Waals surface area contributed by atoms with E-state index in [2.05, 4.69) is 34.2 Å². The van der Waals surface area contributed by atoms with Crippen LogP contribution in [0.3, 0.4) is 0 Å². The summed E-state index contributed by atoms with van der Waals surface area (Å²) in [4.78, 5) is 63.8. The summed E-state index contributed by atoms with van der Waals surface area (Å²) < 4.78 is 14.5. The Hall–Kier alpha value is -5.64. The quantitative estimate of drug-likeness (QED) is 0.178. The van der Waals surface area contributed by atoms with E-state index < -0.39 is 11.6 Å². The fourth-order valence-electron chi connectivity index (χ4n) is 11.8. The first-order valence-corrected chi connectivity index (χ1v) is 24.2. The zero-order valence-electron chi connectivity index (χ0n) is 38.7. The van der Waals surface area contributed by atoms with Gasteiger partial charge < -0.3 is 39.2 Å². The Morgan fingerprint density at radius 1 is 0.879 bits per heavy atom. The Morgan fingerprint density at radius 3 is 2.35 bits per heavy atom. The lowest BCUT2D eigenvalue weighted by Gasteiger charge is -2.47. The van der Waals surface area contributed by atoms with Gasteiger partial charge in [0.05, 0.1) is 34.5 Å². The molecule has 3 aromatic heterocycles. The van der Waals surface area contributed by atoms with Crippen LogP contribution in [0.1, 0.15) is 117 Å². The third-order valence-electron chi connectivity index (χ3n) is 15.6. The van der Waals surface area contributed by atoms with Crippen LogP contribution in [-0.2, 0) is 41.8 Å². The molecular formula is C51H62N8O7. The summed E-state index contributed by atoms with van der Waals surface area (Å²) in [5.74, 6) is -0.299. The monoisotopic (exact) mass is 898 g/mol. The lowest BCUT2D eigenvalue weighted by atomic mass is 9.82. The Morgan fingerprint density at radius 2 is 1.62 bits per heavy atom. The van der Waals surface area contributed by atoms with Crippen molar-refractivity contribution in [2.24, 2.45) is 7.05 Å². The van der Waals surface area contributed by atoms with E-state index in [9.17, 15) is 24.3 Å². The smallest absolute Gasteiger partial charge is 0.415 e. The first kappa shape index (κ1) is 44.2. The number of amides is 2. The van der Waals surface area contributed by atoms with Crippen molar-refractivity contribution in [1.82, 2.24) is 39.3 Å². The highest BCUT2D eigenvalue weighted by Crippen LogP contribution is 2.41. The summed E-state index contributed by atoms with van der Waals surface area (Å²) in [6.07, 6.45) is 12.2. The molecule has 0 saturated carbocycles. The predicted molar refractivity (Wildman–Crippen MR) is 250 cm³/mol. The molecule has 15 nitrogen and oxygen atoms in total. The number of cyclic esters (lactones) is 1. The highest BCUT2D eigenvalue weighted by Gasteiger charge is 2.46. The number of piperidine rings is 4. The van der Waals surface area contributed by atoms with Crippen LogP contribution in [-0.4, -0.2) is 115 Å². The number of rotatable bonds is 6. The fourth-order valence-corrected chi connectivity index (χ4v) is 11.8. The number of carbonyl (C=O) groups excluding carboxylic acids is 3. The van der Waals surface area contributed by atoms with E-state index in [0.29, 0.717) is 78.1 Å². The molecule has 6 aliphatic heterocycles. The number of hydrogen-bond acceptors (Lipinski definition) is 11. The number of benzene rings is 2. The minimum absolute atomic E-state index is 0.0329. The van der Waals surface area contributed by atoms with Crippen molar-refractivity contribution < 1.29 is 29.0 Å². The lowest BCUT2D eigenvalue weighted by Crippen LogP contribution is -2.55. The molecule has 6 aliphatic rings. The van der Waals surface area contributed by atoms with E-state index in [0.717, 1.165) is 58.6 Å². The molecule has 2 amide bonds. The molecular weight excluding hydrogens is 837 g/mol. The molecule has 4 fully saturated rings. The van der Waals surface area contributed by atoms with Gasteiger partial charge in [0, 0.05) is 66.2 Å². The first-order chi connectivity index (χ1) is 31.9. The van der Waals surface area contributed by atoms with E-state index in [1.807, 2.05) is 48.3 Å². The van der Waals surface area contributed by atoms with Gasteiger partial charge in [-0.1, -0.05) is 44.9 Å². The standard InChI is InChI=1S/C33H38N4O6.C18H24N4O/c1-3-22-23-16-21(43-32(40)36-14-10-20(11-15-36)35-12-6-5-7-13-35)8-9-27(23)34-29-24(22)18-37-28(29)17-26-25(30(37)38)19-42-31(39)33(26,41)4-2;1-21-13-6-5-7-14(21)11-12(10-13)19-18(23)17-15-8-3-4-9-16(15)22(2)20-17/h8-9,16-17,20,41H,3-7,10-15,18-19H2,1-2H3;3-4,8-9,12-14H,5-7,10-11H2,1-2H3,(H,19,23)/t33-;12?,13-,14+/m0./s1. The van der Waals surface area contributed by atoms with Crippen LogP contribution in [0.25, 0.3) is 33.2 Å². The zero-order chi connectivity index (χ0) is 45.9. The summed E-state index contributed by atoms with van der Waals surface area (Å²) >= 11 is 0. The van der Waals surface area contributed by atoms with Crippen molar-refractivity contribution in [2.75, 3.05) is 33.2 Å². The normalized spacial score (nSPS) is 24.2. The fraction of sp³-hybridized carbons (Fsp3) is 0.529. The predicted octanol–water partition coefficient (Wildman–Crippen LogP) is 6.41. The maximum Gasteiger partial charge on any atom is 0.415 e. The van der Waals surface area contributed by atoms with E-state index in [1.54, 1.807) is 28.3 Å². The number of para-hydroxylation sites is 1. The average Bonchev–Trinajstić information content (AvgIpc) is 3.88. The summed E-state index contributed by atoms with van der Waals surface area (Å²) in [6, 6.07) is 17.2. The van der Waals surface area contributed by atoms with Crippen LogP contribution in [0.2, 0.25) is 0 Å². The van der Waals surface area contributed by atoms with Crippen molar-refractivity contribution >= 4 is 39.8 Å². The molecule has 9 heterocycles. The molecule has 348 valence electrons. The van der Waals surface area contributed by atoms with Gasteiger partial charge in [0.15, 0.2) is 11.3 Å².